The molecular weight excluding hydrogens is 208 g/mol. The lowest BCUT2D eigenvalue weighted by Crippen LogP contribution is -2.00. The summed E-state index contributed by atoms with van der Waals surface area (Å²) < 4.78 is 0. The van der Waals surface area contributed by atoms with E-state index in [1.165, 1.54) is 0 Å². The Kier molecular flexibility index (Phi) is 4.92. The van der Waals surface area contributed by atoms with Crippen LogP contribution in [0.2, 0.25) is 0 Å². The Morgan fingerprint density at radius 3 is 2.81 bits per heavy atom. The lowest BCUT2D eigenvalue weighted by atomic mass is 10.1. The fourth-order valence-corrected chi connectivity index (χ4v) is 1.59. The van der Waals surface area contributed by atoms with E-state index >= 15 is 0 Å². The van der Waals surface area contributed by atoms with Crippen molar-refractivity contribution in [1.29, 1.82) is 0 Å². The largest absolute Gasteiger partial charge is 0.481 e. The van der Waals surface area contributed by atoms with E-state index in [1.54, 1.807) is 6.08 Å². The fourth-order valence-electron chi connectivity index (χ4n) is 1.59. The van der Waals surface area contributed by atoms with Crippen LogP contribution < -0.4 is 0 Å². The topological polar surface area (TPSA) is 74.6 Å². The van der Waals surface area contributed by atoms with Crippen LogP contribution >= 0.6 is 0 Å². The number of hydrogen-bond donors (Lipinski definition) is 2. The molecule has 4 nitrogen and oxygen atoms in total. The highest BCUT2D eigenvalue weighted by molar-refractivity contribution is 5.98. The van der Waals surface area contributed by atoms with Crippen molar-refractivity contribution in [3.8, 4) is 0 Å². The average molecular weight is 224 g/mol. The second-order valence-corrected chi connectivity index (χ2v) is 3.85. The SMILES string of the molecule is O=C(O)CCC/C=C\CC1=C[C@H](O)CC1=O. The van der Waals surface area contributed by atoms with Crippen LogP contribution in [0.15, 0.2) is 23.8 Å². The van der Waals surface area contributed by atoms with Gasteiger partial charge in [-0.25, -0.2) is 0 Å². The molecular formula is C12H16O4. The molecule has 0 aromatic carbocycles. The number of carboxylic acids is 1. The van der Waals surface area contributed by atoms with E-state index in [0.29, 0.717) is 24.8 Å². The number of carbonyl (C=O) groups excluding carboxylic acids is 1. The normalized spacial score (nSPS) is 20.4. The number of ketones is 1. The van der Waals surface area contributed by atoms with Gasteiger partial charge in [0.15, 0.2) is 5.78 Å². The van der Waals surface area contributed by atoms with Gasteiger partial charge in [0.2, 0.25) is 0 Å². The van der Waals surface area contributed by atoms with Gasteiger partial charge in [-0.2, -0.15) is 0 Å². The number of aliphatic hydroxyl groups excluding tert-OH is 1. The van der Waals surface area contributed by atoms with Gasteiger partial charge < -0.3 is 10.2 Å². The lowest BCUT2D eigenvalue weighted by molar-refractivity contribution is -0.137. The maximum atomic E-state index is 11.3. The molecule has 0 saturated heterocycles. The number of hydrogen-bond acceptors (Lipinski definition) is 3. The van der Waals surface area contributed by atoms with E-state index in [9.17, 15) is 14.7 Å². The number of aliphatic carboxylic acids is 1. The first kappa shape index (κ1) is 12.6. The van der Waals surface area contributed by atoms with Crippen molar-refractivity contribution in [2.75, 3.05) is 0 Å². The quantitative estimate of drug-likeness (QED) is 0.529. The zero-order chi connectivity index (χ0) is 12.0. The number of carboxylic acid groups (broad SMARTS) is 1. The molecule has 0 radical (unpaired) electrons. The van der Waals surface area contributed by atoms with Crippen molar-refractivity contribution in [2.24, 2.45) is 0 Å². The number of aliphatic hydroxyl groups is 1. The fraction of sp³-hybridized carbons (Fsp3) is 0.500. The van der Waals surface area contributed by atoms with E-state index in [1.807, 2.05) is 12.2 Å². The van der Waals surface area contributed by atoms with Crippen LogP contribution in [0, 0.1) is 0 Å². The summed E-state index contributed by atoms with van der Waals surface area (Å²) in [5.41, 5.74) is 0.655. The summed E-state index contributed by atoms with van der Waals surface area (Å²) in [6.07, 6.45) is 6.91. The van der Waals surface area contributed by atoms with Crippen LogP contribution in [0.4, 0.5) is 0 Å². The molecule has 4 heteroatoms. The van der Waals surface area contributed by atoms with E-state index in [4.69, 9.17) is 5.11 Å². The van der Waals surface area contributed by atoms with Gasteiger partial charge in [-0.15, -0.1) is 0 Å². The van der Waals surface area contributed by atoms with Crippen molar-refractivity contribution < 1.29 is 19.8 Å². The molecule has 0 aromatic rings. The molecule has 0 unspecified atom stereocenters. The Bertz CT molecular complexity index is 328. The van der Waals surface area contributed by atoms with E-state index in [2.05, 4.69) is 0 Å². The molecule has 16 heavy (non-hydrogen) atoms. The van der Waals surface area contributed by atoms with Crippen molar-refractivity contribution in [3.05, 3.63) is 23.8 Å². The highest BCUT2D eigenvalue weighted by atomic mass is 16.4. The molecule has 1 aliphatic rings. The minimum Gasteiger partial charge on any atom is -0.481 e. The molecule has 0 fully saturated rings. The molecule has 1 atom stereocenters. The molecule has 0 aliphatic heterocycles. The third kappa shape index (κ3) is 4.40. The van der Waals surface area contributed by atoms with Crippen molar-refractivity contribution in [3.63, 3.8) is 0 Å². The van der Waals surface area contributed by atoms with Gasteiger partial charge in [-0.05, 0) is 30.9 Å². The predicted octanol–water partition coefficient (Wildman–Crippen LogP) is 1.45. The van der Waals surface area contributed by atoms with Gasteiger partial charge in [0, 0.05) is 12.8 Å². The highest BCUT2D eigenvalue weighted by Gasteiger charge is 2.20. The average Bonchev–Trinajstić information content (AvgIpc) is 2.50. The maximum absolute atomic E-state index is 11.3. The van der Waals surface area contributed by atoms with Gasteiger partial charge >= 0.3 is 5.97 Å². The minimum absolute atomic E-state index is 0.00249. The van der Waals surface area contributed by atoms with Crippen LogP contribution in [0.25, 0.3) is 0 Å². The van der Waals surface area contributed by atoms with E-state index in [0.717, 1.165) is 0 Å². The van der Waals surface area contributed by atoms with Crippen LogP contribution in [-0.2, 0) is 9.59 Å². The molecule has 0 aromatic heterocycles. The third-order valence-electron chi connectivity index (χ3n) is 2.41. The number of allylic oxidation sites excluding steroid dienone is 3. The Hall–Kier alpha value is -1.42. The van der Waals surface area contributed by atoms with E-state index < -0.39 is 12.1 Å². The van der Waals surface area contributed by atoms with Crippen LogP contribution in [-0.4, -0.2) is 28.1 Å². The summed E-state index contributed by atoms with van der Waals surface area (Å²) in [5, 5.41) is 17.6. The van der Waals surface area contributed by atoms with Crippen LogP contribution in [0.5, 0.6) is 0 Å². The summed E-state index contributed by atoms with van der Waals surface area (Å²) in [4.78, 5) is 21.5. The van der Waals surface area contributed by atoms with Gasteiger partial charge in [-0.1, -0.05) is 12.2 Å². The van der Waals surface area contributed by atoms with Gasteiger partial charge in [-0.3, -0.25) is 9.59 Å². The molecule has 0 amide bonds. The lowest BCUT2D eigenvalue weighted by Gasteiger charge is -1.94. The summed E-state index contributed by atoms with van der Waals surface area (Å²) in [6.45, 7) is 0. The van der Waals surface area contributed by atoms with Gasteiger partial charge in [0.1, 0.15) is 0 Å². The second-order valence-electron chi connectivity index (χ2n) is 3.85. The first-order valence-corrected chi connectivity index (χ1v) is 5.38. The molecule has 2 N–H and O–H groups in total. The molecule has 0 spiro atoms. The third-order valence-corrected chi connectivity index (χ3v) is 2.41. The summed E-state index contributed by atoms with van der Waals surface area (Å²) in [7, 11) is 0. The van der Waals surface area contributed by atoms with Gasteiger partial charge in [0.05, 0.1) is 6.10 Å². The van der Waals surface area contributed by atoms with Gasteiger partial charge in [0.25, 0.3) is 0 Å². The first-order valence-electron chi connectivity index (χ1n) is 5.38. The molecule has 0 heterocycles. The smallest absolute Gasteiger partial charge is 0.303 e. The zero-order valence-electron chi connectivity index (χ0n) is 9.06. The maximum Gasteiger partial charge on any atom is 0.303 e. The summed E-state index contributed by atoms with van der Waals surface area (Å²) >= 11 is 0. The molecule has 0 bridgehead atoms. The first-order chi connectivity index (χ1) is 7.59. The number of unbranched alkanes of at least 4 members (excludes halogenated alkanes) is 1. The Morgan fingerprint density at radius 1 is 1.50 bits per heavy atom. The second kappa shape index (κ2) is 6.23. The van der Waals surface area contributed by atoms with Crippen molar-refractivity contribution in [2.45, 2.75) is 38.2 Å². The van der Waals surface area contributed by atoms with Crippen LogP contribution in [0.1, 0.15) is 32.1 Å². The minimum atomic E-state index is -0.787. The monoisotopic (exact) mass is 224 g/mol. The Labute approximate surface area is 94.3 Å². The molecule has 1 rings (SSSR count). The Balaban J connectivity index is 2.19. The summed E-state index contributed by atoms with van der Waals surface area (Å²) in [6, 6.07) is 0. The number of carbonyl (C=O) groups is 2. The number of Topliss-reactive ketones (excluding diaryl/α,β-unsaturated/α-hetero) is 1. The van der Waals surface area contributed by atoms with Crippen molar-refractivity contribution >= 4 is 11.8 Å². The van der Waals surface area contributed by atoms with Crippen molar-refractivity contribution in [1.82, 2.24) is 0 Å². The molecule has 88 valence electrons. The molecule has 0 saturated carbocycles. The summed E-state index contributed by atoms with van der Waals surface area (Å²) in [5.74, 6) is -0.784. The standard InChI is InChI=1S/C12H16O4/c13-10-7-9(11(14)8-10)5-3-1-2-4-6-12(15)16/h1,3,7,10,13H,2,4-6,8H2,(H,15,16)/b3-1-/t10-/m0/s1. The highest BCUT2D eigenvalue weighted by Crippen LogP contribution is 2.18. The number of rotatable bonds is 6. The van der Waals surface area contributed by atoms with E-state index in [-0.39, 0.29) is 18.6 Å². The van der Waals surface area contributed by atoms with Crippen LogP contribution in [0.3, 0.4) is 0 Å². The zero-order valence-corrected chi connectivity index (χ0v) is 9.06. The molecule has 1 aliphatic carbocycles. The Morgan fingerprint density at radius 2 is 2.25 bits per heavy atom. The predicted molar refractivity (Wildman–Crippen MR) is 59.0 cm³/mol.